The van der Waals surface area contributed by atoms with Gasteiger partial charge in [-0.05, 0) is 35.9 Å². The second kappa shape index (κ2) is 11.4. The van der Waals surface area contributed by atoms with Crippen molar-refractivity contribution >= 4 is 33.6 Å². The van der Waals surface area contributed by atoms with Crippen LogP contribution in [0.5, 0.6) is 5.75 Å². The quantitative estimate of drug-likeness (QED) is 0.551. The molecule has 0 aromatic heterocycles. The van der Waals surface area contributed by atoms with Gasteiger partial charge in [0.05, 0.1) is 18.6 Å². The predicted molar refractivity (Wildman–Crippen MR) is 125 cm³/mol. The summed E-state index contributed by atoms with van der Waals surface area (Å²) in [6.45, 7) is 4.25. The van der Waals surface area contributed by atoms with Gasteiger partial charge in [-0.2, -0.15) is 4.31 Å². The molecule has 0 aliphatic rings. The molecular weight excluding hydrogens is 430 g/mol. The van der Waals surface area contributed by atoms with Gasteiger partial charge in [-0.3, -0.25) is 9.59 Å². The molecule has 9 heteroatoms. The molecule has 32 heavy (non-hydrogen) atoms. The van der Waals surface area contributed by atoms with Crippen LogP contribution in [0.4, 0.5) is 5.69 Å². The standard InChI is InChI=1S/C23H29N3O5S/c1-5-26(6-2)32(29,30)21-13-10-18(11-14-21)12-15-23(28)25(3)17-22(27)24-19-8-7-9-20(16-19)31-4/h7-16H,5-6,17H2,1-4H3,(H,24,27)/b15-12+. The fourth-order valence-corrected chi connectivity index (χ4v) is 4.41. The van der Waals surface area contributed by atoms with Crippen LogP contribution < -0.4 is 10.1 Å². The van der Waals surface area contributed by atoms with Crippen molar-refractivity contribution in [3.63, 3.8) is 0 Å². The Hall–Kier alpha value is -3.17. The van der Waals surface area contributed by atoms with Gasteiger partial charge in [-0.1, -0.05) is 32.0 Å². The van der Waals surface area contributed by atoms with Gasteiger partial charge in [0.15, 0.2) is 0 Å². The zero-order valence-corrected chi connectivity index (χ0v) is 19.6. The summed E-state index contributed by atoms with van der Waals surface area (Å²) in [7, 11) is -0.460. The summed E-state index contributed by atoms with van der Waals surface area (Å²) in [4.78, 5) is 26.0. The SMILES string of the molecule is CCN(CC)S(=O)(=O)c1ccc(/C=C/C(=O)N(C)CC(=O)Nc2cccc(OC)c2)cc1. The number of ether oxygens (including phenoxy) is 1. The van der Waals surface area contributed by atoms with E-state index in [0.717, 1.165) is 0 Å². The smallest absolute Gasteiger partial charge is 0.246 e. The van der Waals surface area contributed by atoms with E-state index >= 15 is 0 Å². The molecule has 0 saturated carbocycles. The first-order valence-electron chi connectivity index (χ1n) is 10.2. The topological polar surface area (TPSA) is 96.0 Å². The molecule has 172 valence electrons. The Morgan fingerprint density at radius 2 is 1.72 bits per heavy atom. The van der Waals surface area contributed by atoms with Crippen LogP contribution in [0, 0.1) is 0 Å². The lowest BCUT2D eigenvalue weighted by molar-refractivity contribution is -0.129. The Morgan fingerprint density at radius 1 is 1.06 bits per heavy atom. The highest BCUT2D eigenvalue weighted by Crippen LogP contribution is 2.18. The maximum atomic E-state index is 12.5. The fourth-order valence-electron chi connectivity index (χ4n) is 2.95. The van der Waals surface area contributed by atoms with Crippen molar-refractivity contribution in [3.05, 3.63) is 60.2 Å². The van der Waals surface area contributed by atoms with Crippen LogP contribution in [-0.4, -0.2) is 63.2 Å². The minimum absolute atomic E-state index is 0.124. The minimum atomic E-state index is -3.52. The molecular formula is C23H29N3O5S. The highest BCUT2D eigenvalue weighted by atomic mass is 32.2. The molecule has 0 spiro atoms. The van der Waals surface area contributed by atoms with Crippen molar-refractivity contribution in [2.24, 2.45) is 0 Å². The van der Waals surface area contributed by atoms with Crippen LogP contribution in [0.1, 0.15) is 19.4 Å². The number of amides is 2. The normalized spacial score (nSPS) is 11.5. The van der Waals surface area contributed by atoms with Gasteiger partial charge < -0.3 is 15.0 Å². The predicted octanol–water partition coefficient (Wildman–Crippen LogP) is 2.84. The number of hydrogen-bond acceptors (Lipinski definition) is 5. The molecule has 0 heterocycles. The first-order valence-corrected chi connectivity index (χ1v) is 11.6. The number of nitrogens with zero attached hydrogens (tertiary/aromatic N) is 2. The van der Waals surface area contributed by atoms with Gasteiger partial charge in [0.1, 0.15) is 5.75 Å². The molecule has 0 bridgehead atoms. The van der Waals surface area contributed by atoms with Crippen molar-refractivity contribution < 1.29 is 22.7 Å². The lowest BCUT2D eigenvalue weighted by Gasteiger charge is -2.18. The Bertz CT molecular complexity index is 1060. The highest BCUT2D eigenvalue weighted by Gasteiger charge is 2.21. The zero-order chi connectivity index (χ0) is 23.7. The van der Waals surface area contributed by atoms with Crippen LogP contribution in [-0.2, 0) is 19.6 Å². The maximum Gasteiger partial charge on any atom is 0.246 e. The number of rotatable bonds is 10. The second-order valence-electron chi connectivity index (χ2n) is 6.97. The first-order chi connectivity index (χ1) is 15.2. The van der Waals surface area contributed by atoms with Crippen LogP contribution in [0.2, 0.25) is 0 Å². The van der Waals surface area contributed by atoms with Crippen molar-refractivity contribution in [1.29, 1.82) is 0 Å². The lowest BCUT2D eigenvalue weighted by atomic mass is 10.2. The molecule has 1 N–H and O–H groups in total. The fraction of sp³-hybridized carbons (Fsp3) is 0.304. The number of anilines is 1. The van der Waals surface area contributed by atoms with E-state index in [1.807, 2.05) is 0 Å². The molecule has 0 aliphatic heterocycles. The average molecular weight is 460 g/mol. The summed E-state index contributed by atoms with van der Waals surface area (Å²) in [5.41, 5.74) is 1.25. The van der Waals surface area contributed by atoms with Crippen LogP contribution >= 0.6 is 0 Å². The molecule has 0 unspecified atom stereocenters. The van der Waals surface area contributed by atoms with Crippen molar-refractivity contribution in [2.75, 3.05) is 39.1 Å². The van der Waals surface area contributed by atoms with Crippen molar-refractivity contribution in [1.82, 2.24) is 9.21 Å². The molecule has 0 aliphatic carbocycles. The van der Waals surface area contributed by atoms with Gasteiger partial charge in [0, 0.05) is 38.0 Å². The number of nitrogens with one attached hydrogen (secondary N) is 1. The monoisotopic (exact) mass is 459 g/mol. The van der Waals surface area contributed by atoms with Gasteiger partial charge >= 0.3 is 0 Å². The number of carbonyl (C=O) groups excluding carboxylic acids is 2. The number of sulfonamides is 1. The minimum Gasteiger partial charge on any atom is -0.497 e. The van der Waals surface area contributed by atoms with Crippen molar-refractivity contribution in [3.8, 4) is 5.75 Å². The molecule has 0 radical (unpaired) electrons. The Kier molecular flexibility index (Phi) is 8.98. The average Bonchev–Trinajstić information content (AvgIpc) is 2.78. The van der Waals surface area contributed by atoms with E-state index in [1.165, 1.54) is 41.6 Å². The van der Waals surface area contributed by atoms with E-state index in [0.29, 0.717) is 30.1 Å². The van der Waals surface area contributed by atoms with Crippen LogP contribution in [0.15, 0.2) is 59.5 Å². The van der Waals surface area contributed by atoms with E-state index in [-0.39, 0.29) is 23.3 Å². The number of methoxy groups -OCH3 is 1. The molecule has 2 aromatic carbocycles. The highest BCUT2D eigenvalue weighted by molar-refractivity contribution is 7.89. The van der Waals surface area contributed by atoms with Gasteiger partial charge in [-0.25, -0.2) is 8.42 Å². The second-order valence-corrected chi connectivity index (χ2v) is 8.90. The molecule has 0 fully saturated rings. The number of benzene rings is 2. The van der Waals surface area contributed by atoms with Crippen LogP contribution in [0.3, 0.4) is 0 Å². The van der Waals surface area contributed by atoms with E-state index in [2.05, 4.69) is 5.32 Å². The maximum absolute atomic E-state index is 12.5. The Balaban J connectivity index is 1.96. The summed E-state index contributed by atoms with van der Waals surface area (Å²) in [6, 6.07) is 13.2. The summed E-state index contributed by atoms with van der Waals surface area (Å²) in [5, 5.41) is 2.72. The van der Waals surface area contributed by atoms with Crippen molar-refractivity contribution in [2.45, 2.75) is 18.7 Å². The van der Waals surface area contributed by atoms with E-state index < -0.39 is 10.0 Å². The molecule has 2 rings (SSSR count). The molecule has 0 atom stereocenters. The van der Waals surface area contributed by atoms with Gasteiger partial charge in [-0.15, -0.1) is 0 Å². The molecule has 0 saturated heterocycles. The zero-order valence-electron chi connectivity index (χ0n) is 18.7. The van der Waals surface area contributed by atoms with Gasteiger partial charge in [0.2, 0.25) is 21.8 Å². The summed E-state index contributed by atoms with van der Waals surface area (Å²) in [5.74, 6) is -0.0785. The number of carbonyl (C=O) groups is 2. The third-order valence-electron chi connectivity index (χ3n) is 4.75. The van der Waals surface area contributed by atoms with Gasteiger partial charge in [0.25, 0.3) is 0 Å². The van der Waals surface area contributed by atoms with Crippen LogP contribution in [0.25, 0.3) is 6.08 Å². The summed E-state index contributed by atoms with van der Waals surface area (Å²) in [6.07, 6.45) is 2.92. The molecule has 2 aromatic rings. The largest absolute Gasteiger partial charge is 0.497 e. The Labute approximate surface area is 189 Å². The van der Waals surface area contributed by atoms with E-state index in [9.17, 15) is 18.0 Å². The lowest BCUT2D eigenvalue weighted by Crippen LogP contribution is -2.33. The number of likely N-dealkylation sites (N-methyl/N-ethyl adjacent to an activating group) is 1. The molecule has 8 nitrogen and oxygen atoms in total. The summed E-state index contributed by atoms with van der Waals surface area (Å²) < 4.78 is 31.6. The van der Waals surface area contributed by atoms with E-state index in [1.54, 1.807) is 56.3 Å². The third-order valence-corrected chi connectivity index (χ3v) is 6.82. The summed E-state index contributed by atoms with van der Waals surface area (Å²) >= 11 is 0. The van der Waals surface area contributed by atoms with E-state index in [4.69, 9.17) is 4.74 Å². The molecule has 2 amide bonds. The number of hydrogen-bond donors (Lipinski definition) is 1. The first kappa shape index (κ1) is 25.1. The third kappa shape index (κ3) is 6.66. The Morgan fingerprint density at radius 3 is 2.31 bits per heavy atom.